The van der Waals surface area contributed by atoms with Crippen molar-refractivity contribution in [2.75, 3.05) is 19.6 Å². The first kappa shape index (κ1) is 19.6. The number of nitrogens with zero attached hydrogens (tertiary/aromatic N) is 1. The number of benzene rings is 2. The van der Waals surface area contributed by atoms with E-state index in [9.17, 15) is 19.0 Å². The van der Waals surface area contributed by atoms with Crippen LogP contribution in [0.2, 0.25) is 5.02 Å². The van der Waals surface area contributed by atoms with E-state index in [-0.39, 0.29) is 0 Å². The van der Waals surface area contributed by atoms with E-state index in [0.29, 0.717) is 60.8 Å². The minimum Gasteiger partial charge on any atom is -0.487 e. The summed E-state index contributed by atoms with van der Waals surface area (Å²) in [5.74, 6) is -1.22. The van der Waals surface area contributed by atoms with Crippen LogP contribution in [0.1, 0.15) is 42.6 Å². The van der Waals surface area contributed by atoms with Crippen molar-refractivity contribution in [2.24, 2.45) is 0 Å². The Morgan fingerprint density at radius 3 is 2.61 bits per heavy atom. The number of likely N-dealkylation sites (tertiary alicyclic amines) is 1. The standard InChI is InChI=1S/C21H22ClF2NO3/c22-14-2-4-20-15(10-14)18(26)11-21(28-20)5-7-25(8-6-21)12-19(27)13-1-3-16(23)17(24)9-13/h1-4,9-10,18-19,26-27H,5-8,11-12H2. The van der Waals surface area contributed by atoms with Crippen LogP contribution in [0.15, 0.2) is 36.4 Å². The van der Waals surface area contributed by atoms with Gasteiger partial charge in [-0.15, -0.1) is 0 Å². The summed E-state index contributed by atoms with van der Waals surface area (Å²) < 4.78 is 32.7. The molecule has 2 aliphatic heterocycles. The van der Waals surface area contributed by atoms with Crippen LogP contribution >= 0.6 is 11.6 Å². The Bertz CT molecular complexity index is 871. The number of fused-ring (bicyclic) bond motifs is 1. The first-order valence-corrected chi connectivity index (χ1v) is 9.75. The summed E-state index contributed by atoms with van der Waals surface area (Å²) in [6.45, 7) is 1.68. The molecule has 4 nitrogen and oxygen atoms in total. The van der Waals surface area contributed by atoms with Gasteiger partial charge in [-0.3, -0.25) is 0 Å². The van der Waals surface area contributed by atoms with Gasteiger partial charge in [-0.1, -0.05) is 17.7 Å². The van der Waals surface area contributed by atoms with Gasteiger partial charge in [0.25, 0.3) is 0 Å². The minimum atomic E-state index is -0.961. The Hall–Kier alpha value is -1.73. The monoisotopic (exact) mass is 409 g/mol. The molecule has 7 heteroatoms. The van der Waals surface area contributed by atoms with Gasteiger partial charge in [0.2, 0.25) is 0 Å². The van der Waals surface area contributed by atoms with Crippen LogP contribution in [0.25, 0.3) is 0 Å². The van der Waals surface area contributed by atoms with E-state index in [1.165, 1.54) is 6.07 Å². The molecular formula is C21H22ClF2NO3. The average Bonchev–Trinajstić information content (AvgIpc) is 2.67. The smallest absolute Gasteiger partial charge is 0.159 e. The largest absolute Gasteiger partial charge is 0.487 e. The molecule has 4 rings (SSSR count). The molecule has 2 atom stereocenters. The van der Waals surface area contributed by atoms with Crippen LogP contribution in [-0.4, -0.2) is 40.3 Å². The molecule has 0 amide bonds. The average molecular weight is 410 g/mol. The van der Waals surface area contributed by atoms with Gasteiger partial charge in [-0.05, 0) is 48.7 Å². The molecule has 2 heterocycles. The lowest BCUT2D eigenvalue weighted by Crippen LogP contribution is -2.51. The third kappa shape index (κ3) is 3.87. The van der Waals surface area contributed by atoms with E-state index in [1.54, 1.807) is 18.2 Å². The van der Waals surface area contributed by atoms with Crippen molar-refractivity contribution < 1.29 is 23.7 Å². The van der Waals surface area contributed by atoms with Gasteiger partial charge < -0.3 is 19.8 Å². The molecule has 0 aromatic heterocycles. The highest BCUT2D eigenvalue weighted by atomic mass is 35.5. The number of hydrogen-bond donors (Lipinski definition) is 2. The van der Waals surface area contributed by atoms with E-state index in [0.717, 1.165) is 12.1 Å². The van der Waals surface area contributed by atoms with Crippen molar-refractivity contribution in [1.82, 2.24) is 4.90 Å². The number of piperidine rings is 1. The zero-order valence-corrected chi connectivity index (χ0v) is 16.0. The molecule has 28 heavy (non-hydrogen) atoms. The summed E-state index contributed by atoms with van der Waals surface area (Å²) in [5.41, 5.74) is 0.632. The number of halogens is 3. The Balaban J connectivity index is 1.39. The summed E-state index contributed by atoms with van der Waals surface area (Å²) in [7, 11) is 0. The van der Waals surface area contributed by atoms with Crippen molar-refractivity contribution in [1.29, 1.82) is 0 Å². The molecular weight excluding hydrogens is 388 g/mol. The number of rotatable bonds is 3. The van der Waals surface area contributed by atoms with Crippen LogP contribution < -0.4 is 4.74 Å². The SMILES string of the molecule is OC(CN1CCC2(CC1)CC(O)c1cc(Cl)ccc1O2)c1ccc(F)c(F)c1. The van der Waals surface area contributed by atoms with Crippen LogP contribution in [0.4, 0.5) is 8.78 Å². The van der Waals surface area contributed by atoms with E-state index in [4.69, 9.17) is 16.3 Å². The Kier molecular flexibility index (Phi) is 5.31. The van der Waals surface area contributed by atoms with Crippen molar-refractivity contribution in [3.8, 4) is 5.75 Å². The van der Waals surface area contributed by atoms with E-state index >= 15 is 0 Å². The fourth-order valence-electron chi connectivity index (χ4n) is 4.13. The highest BCUT2D eigenvalue weighted by Crippen LogP contribution is 2.45. The maximum atomic E-state index is 13.4. The maximum absolute atomic E-state index is 13.4. The molecule has 1 spiro atoms. The van der Waals surface area contributed by atoms with Crippen molar-refractivity contribution in [3.05, 3.63) is 64.2 Å². The maximum Gasteiger partial charge on any atom is 0.159 e. The minimum absolute atomic E-state index is 0.329. The van der Waals surface area contributed by atoms with Gasteiger partial charge in [0.15, 0.2) is 11.6 Å². The topological polar surface area (TPSA) is 52.9 Å². The molecule has 2 N–H and O–H groups in total. The molecule has 0 saturated carbocycles. The lowest BCUT2D eigenvalue weighted by molar-refractivity contribution is -0.0587. The molecule has 0 bridgehead atoms. The predicted octanol–water partition coefficient (Wildman–Crippen LogP) is 4.00. The Labute approximate surface area is 167 Å². The zero-order valence-electron chi connectivity index (χ0n) is 15.2. The summed E-state index contributed by atoms with van der Waals surface area (Å²) in [6, 6.07) is 8.74. The van der Waals surface area contributed by atoms with Gasteiger partial charge >= 0.3 is 0 Å². The molecule has 2 unspecified atom stereocenters. The lowest BCUT2D eigenvalue weighted by atomic mass is 9.81. The van der Waals surface area contributed by atoms with E-state index < -0.39 is 29.4 Å². The quantitative estimate of drug-likeness (QED) is 0.804. The van der Waals surface area contributed by atoms with Crippen molar-refractivity contribution >= 4 is 11.6 Å². The third-order valence-electron chi connectivity index (χ3n) is 5.75. The van der Waals surface area contributed by atoms with Crippen LogP contribution in [-0.2, 0) is 0 Å². The number of β-amino-alcohol motifs (C(OH)–C–C–N with tert-alkyl or cyclic N) is 1. The van der Waals surface area contributed by atoms with Gasteiger partial charge in [0.05, 0.1) is 12.2 Å². The molecule has 2 aromatic rings. The molecule has 1 fully saturated rings. The molecule has 0 aliphatic carbocycles. The predicted molar refractivity (Wildman–Crippen MR) is 101 cm³/mol. The number of aliphatic hydroxyl groups is 2. The van der Waals surface area contributed by atoms with Gasteiger partial charge in [0.1, 0.15) is 11.4 Å². The number of hydrogen-bond acceptors (Lipinski definition) is 4. The second-order valence-electron chi connectivity index (χ2n) is 7.68. The van der Waals surface area contributed by atoms with Crippen LogP contribution in [0.3, 0.4) is 0 Å². The number of ether oxygens (including phenoxy) is 1. The summed E-state index contributed by atoms with van der Waals surface area (Å²) >= 11 is 6.01. The molecule has 150 valence electrons. The first-order valence-electron chi connectivity index (χ1n) is 9.37. The highest BCUT2D eigenvalue weighted by molar-refractivity contribution is 6.30. The molecule has 2 aliphatic rings. The summed E-state index contributed by atoms with van der Waals surface area (Å²) in [6.07, 6.45) is 0.388. The van der Waals surface area contributed by atoms with Gasteiger partial charge in [0, 0.05) is 36.6 Å². The molecule has 2 aromatic carbocycles. The highest BCUT2D eigenvalue weighted by Gasteiger charge is 2.43. The summed E-state index contributed by atoms with van der Waals surface area (Å²) in [4.78, 5) is 2.07. The Morgan fingerprint density at radius 1 is 1.14 bits per heavy atom. The second-order valence-corrected chi connectivity index (χ2v) is 8.11. The zero-order chi connectivity index (χ0) is 19.9. The molecule has 0 radical (unpaired) electrons. The van der Waals surface area contributed by atoms with Crippen molar-refractivity contribution in [3.63, 3.8) is 0 Å². The second kappa shape index (κ2) is 7.59. The fraction of sp³-hybridized carbons (Fsp3) is 0.429. The fourth-order valence-corrected chi connectivity index (χ4v) is 4.31. The molecule has 1 saturated heterocycles. The van der Waals surface area contributed by atoms with Gasteiger partial charge in [-0.25, -0.2) is 8.78 Å². The normalized spacial score (nSPS) is 22.5. The summed E-state index contributed by atoms with van der Waals surface area (Å²) in [5, 5.41) is 21.5. The van der Waals surface area contributed by atoms with Gasteiger partial charge in [-0.2, -0.15) is 0 Å². The first-order chi connectivity index (χ1) is 13.3. The van der Waals surface area contributed by atoms with Crippen molar-refractivity contribution in [2.45, 2.75) is 37.1 Å². The van der Waals surface area contributed by atoms with E-state index in [2.05, 4.69) is 4.90 Å². The lowest BCUT2D eigenvalue weighted by Gasteiger charge is -2.46. The van der Waals surface area contributed by atoms with Crippen LogP contribution in [0.5, 0.6) is 5.75 Å². The third-order valence-corrected chi connectivity index (χ3v) is 5.98. The van der Waals surface area contributed by atoms with E-state index in [1.807, 2.05) is 0 Å². The number of aliphatic hydroxyl groups excluding tert-OH is 2. The Morgan fingerprint density at radius 2 is 1.89 bits per heavy atom. The van der Waals surface area contributed by atoms with Crippen LogP contribution in [0, 0.1) is 11.6 Å².